The Morgan fingerprint density at radius 1 is 0.389 bits per heavy atom. The Balaban J connectivity index is 3.37. The molecule has 3 N–H and O–H groups in total. The molecule has 0 aliphatic rings. The zero-order valence-corrected chi connectivity index (χ0v) is 48.7. The summed E-state index contributed by atoms with van der Waals surface area (Å²) in [5, 5.41) is 23.3. The molecule has 0 rings (SSSR count). The Bertz CT molecular complexity index is 1120. The Kier molecular flexibility index (Phi) is 60.5. The van der Waals surface area contributed by atoms with Crippen LogP contribution in [0.4, 0.5) is 0 Å². The molecule has 6 heteroatoms. The van der Waals surface area contributed by atoms with Gasteiger partial charge in [0.1, 0.15) is 0 Å². The van der Waals surface area contributed by atoms with Gasteiger partial charge >= 0.3 is 5.97 Å². The monoisotopic (exact) mass is 1010 g/mol. The Morgan fingerprint density at radius 2 is 0.694 bits per heavy atom. The van der Waals surface area contributed by atoms with Crippen LogP contribution in [0.3, 0.4) is 0 Å². The standard InChI is InChI=1S/C66H127NO5/c1-3-5-7-9-11-13-15-17-19-27-31-34-38-42-46-50-54-58-64(69)63(62-68)67-65(70)59-55-51-47-43-39-35-32-28-25-23-21-20-22-24-26-29-33-37-41-45-49-53-57-61-72-66(71)60-56-52-48-44-40-36-30-18-16-14-12-10-8-6-4-2/h12,14,18,30,63-64,68-69H,3-11,13,15-17,19-29,31-62H2,1-2H3,(H,67,70)/b14-12-,30-18-. The van der Waals surface area contributed by atoms with E-state index in [0.717, 1.165) is 51.4 Å². The molecule has 0 aromatic rings. The Hall–Kier alpha value is -1.66. The van der Waals surface area contributed by atoms with Crippen molar-refractivity contribution in [2.45, 2.75) is 373 Å². The molecule has 72 heavy (non-hydrogen) atoms. The van der Waals surface area contributed by atoms with Crippen LogP contribution in [0.1, 0.15) is 361 Å². The van der Waals surface area contributed by atoms with Crippen molar-refractivity contribution < 1.29 is 24.5 Å². The van der Waals surface area contributed by atoms with Gasteiger partial charge in [-0.3, -0.25) is 9.59 Å². The minimum atomic E-state index is -0.664. The first-order chi connectivity index (χ1) is 35.5. The summed E-state index contributed by atoms with van der Waals surface area (Å²) in [7, 11) is 0. The van der Waals surface area contributed by atoms with E-state index in [1.807, 2.05) is 0 Å². The molecule has 0 aromatic heterocycles. The summed E-state index contributed by atoms with van der Waals surface area (Å²) in [4.78, 5) is 24.6. The van der Waals surface area contributed by atoms with E-state index in [4.69, 9.17) is 4.74 Å². The average Bonchev–Trinajstić information content (AvgIpc) is 3.38. The van der Waals surface area contributed by atoms with Gasteiger partial charge in [-0.15, -0.1) is 0 Å². The Labute approximate surface area is 450 Å². The summed E-state index contributed by atoms with van der Waals surface area (Å²) in [5.41, 5.74) is 0. The van der Waals surface area contributed by atoms with Crippen molar-refractivity contribution in [1.29, 1.82) is 0 Å². The fourth-order valence-corrected chi connectivity index (χ4v) is 10.3. The van der Waals surface area contributed by atoms with E-state index in [0.29, 0.717) is 25.9 Å². The molecule has 0 heterocycles. The van der Waals surface area contributed by atoms with Crippen molar-refractivity contribution in [2.24, 2.45) is 0 Å². The lowest BCUT2D eigenvalue weighted by Gasteiger charge is -2.22. The van der Waals surface area contributed by atoms with Gasteiger partial charge in [-0.05, 0) is 57.8 Å². The van der Waals surface area contributed by atoms with Crippen LogP contribution in [0.2, 0.25) is 0 Å². The fraction of sp³-hybridized carbons (Fsp3) is 0.909. The van der Waals surface area contributed by atoms with Crippen molar-refractivity contribution in [3.05, 3.63) is 24.3 Å². The number of aliphatic hydroxyl groups excluding tert-OH is 2. The molecule has 2 atom stereocenters. The molecule has 0 saturated carbocycles. The molecule has 0 bridgehead atoms. The van der Waals surface area contributed by atoms with E-state index >= 15 is 0 Å². The molecule has 0 spiro atoms. The van der Waals surface area contributed by atoms with Crippen molar-refractivity contribution in [2.75, 3.05) is 13.2 Å². The third-order valence-corrected chi connectivity index (χ3v) is 15.3. The first-order valence-electron chi connectivity index (χ1n) is 32.6. The van der Waals surface area contributed by atoms with Gasteiger partial charge in [-0.1, -0.05) is 314 Å². The molecular weight excluding hydrogens is 887 g/mol. The van der Waals surface area contributed by atoms with Crippen LogP contribution in [0.15, 0.2) is 24.3 Å². The number of ether oxygens (including phenoxy) is 1. The van der Waals surface area contributed by atoms with Crippen LogP contribution in [0.5, 0.6) is 0 Å². The summed E-state index contributed by atoms with van der Waals surface area (Å²) in [6.07, 6.45) is 76.2. The van der Waals surface area contributed by atoms with Crippen molar-refractivity contribution in [1.82, 2.24) is 5.32 Å². The highest BCUT2D eigenvalue weighted by Gasteiger charge is 2.20. The van der Waals surface area contributed by atoms with Gasteiger partial charge in [-0.25, -0.2) is 0 Å². The first-order valence-corrected chi connectivity index (χ1v) is 32.6. The lowest BCUT2D eigenvalue weighted by molar-refractivity contribution is -0.143. The van der Waals surface area contributed by atoms with E-state index in [-0.39, 0.29) is 18.5 Å². The molecular formula is C66H127NO5. The maximum Gasteiger partial charge on any atom is 0.305 e. The molecule has 1 amide bonds. The predicted molar refractivity (Wildman–Crippen MR) is 315 cm³/mol. The van der Waals surface area contributed by atoms with Crippen molar-refractivity contribution in [3.63, 3.8) is 0 Å². The third-order valence-electron chi connectivity index (χ3n) is 15.3. The number of rotatable bonds is 61. The number of nitrogens with one attached hydrogen (secondary N) is 1. The molecule has 0 aromatic carbocycles. The van der Waals surface area contributed by atoms with Crippen LogP contribution >= 0.6 is 0 Å². The zero-order chi connectivity index (χ0) is 52.2. The number of aliphatic hydroxyl groups is 2. The highest BCUT2D eigenvalue weighted by molar-refractivity contribution is 5.76. The molecule has 2 unspecified atom stereocenters. The smallest absolute Gasteiger partial charge is 0.305 e. The van der Waals surface area contributed by atoms with Gasteiger partial charge in [0.25, 0.3) is 0 Å². The number of carbonyl (C=O) groups is 2. The second kappa shape index (κ2) is 61.9. The topological polar surface area (TPSA) is 95.9 Å². The van der Waals surface area contributed by atoms with Gasteiger partial charge in [-0.2, -0.15) is 0 Å². The predicted octanol–water partition coefficient (Wildman–Crippen LogP) is 20.6. The molecule has 0 aliphatic heterocycles. The summed E-state index contributed by atoms with van der Waals surface area (Å²) >= 11 is 0. The number of allylic oxidation sites excluding steroid dienone is 4. The second-order valence-electron chi connectivity index (χ2n) is 22.5. The molecule has 6 nitrogen and oxygen atoms in total. The largest absolute Gasteiger partial charge is 0.466 e. The molecule has 0 saturated heterocycles. The van der Waals surface area contributed by atoms with Gasteiger partial charge in [0.05, 0.1) is 25.4 Å². The van der Waals surface area contributed by atoms with E-state index < -0.39 is 12.1 Å². The maximum atomic E-state index is 12.5. The lowest BCUT2D eigenvalue weighted by atomic mass is 10.0. The van der Waals surface area contributed by atoms with Gasteiger partial charge < -0.3 is 20.3 Å². The van der Waals surface area contributed by atoms with Crippen LogP contribution in [-0.2, 0) is 14.3 Å². The van der Waals surface area contributed by atoms with E-state index in [2.05, 4.69) is 43.5 Å². The number of hydrogen-bond donors (Lipinski definition) is 3. The number of hydrogen-bond acceptors (Lipinski definition) is 5. The first kappa shape index (κ1) is 70.3. The van der Waals surface area contributed by atoms with Crippen LogP contribution in [0, 0.1) is 0 Å². The van der Waals surface area contributed by atoms with E-state index in [9.17, 15) is 19.8 Å². The number of esters is 1. The fourth-order valence-electron chi connectivity index (χ4n) is 10.3. The maximum absolute atomic E-state index is 12.5. The summed E-state index contributed by atoms with van der Waals surface area (Å²) in [6.45, 7) is 4.95. The Morgan fingerprint density at radius 3 is 1.08 bits per heavy atom. The minimum Gasteiger partial charge on any atom is -0.466 e. The summed E-state index contributed by atoms with van der Waals surface area (Å²) < 4.78 is 5.48. The molecule has 426 valence electrons. The normalized spacial score (nSPS) is 12.7. The van der Waals surface area contributed by atoms with Crippen LogP contribution in [0.25, 0.3) is 0 Å². The second-order valence-corrected chi connectivity index (χ2v) is 22.5. The third kappa shape index (κ3) is 57.6. The summed E-state index contributed by atoms with van der Waals surface area (Å²) in [5.74, 6) is -0.0307. The van der Waals surface area contributed by atoms with Crippen molar-refractivity contribution >= 4 is 11.9 Å². The van der Waals surface area contributed by atoms with Gasteiger partial charge in [0.15, 0.2) is 0 Å². The van der Waals surface area contributed by atoms with Gasteiger partial charge in [0.2, 0.25) is 5.91 Å². The molecule has 0 aliphatic carbocycles. The lowest BCUT2D eigenvalue weighted by Crippen LogP contribution is -2.45. The minimum absolute atomic E-state index is 0.000983. The highest BCUT2D eigenvalue weighted by atomic mass is 16.5. The molecule has 0 radical (unpaired) electrons. The quantitative estimate of drug-likeness (QED) is 0.0320. The highest BCUT2D eigenvalue weighted by Crippen LogP contribution is 2.18. The van der Waals surface area contributed by atoms with Crippen LogP contribution in [-0.4, -0.2) is 47.4 Å². The molecule has 0 fully saturated rings. The SMILES string of the molecule is CCCCC/C=C\C/C=C\CCCCCCCC(=O)OCCCCCCCCCCCCCCCCCCCCCCCCCC(=O)NC(CO)C(O)CCCCCCCCCCCCCCCCCCC. The zero-order valence-electron chi connectivity index (χ0n) is 48.7. The summed E-state index contributed by atoms with van der Waals surface area (Å²) in [6, 6.07) is -0.541. The van der Waals surface area contributed by atoms with Crippen molar-refractivity contribution in [3.8, 4) is 0 Å². The number of amides is 1. The number of carbonyl (C=O) groups excluding carboxylic acids is 2. The average molecular weight is 1010 g/mol. The van der Waals surface area contributed by atoms with E-state index in [1.165, 1.54) is 276 Å². The van der Waals surface area contributed by atoms with E-state index in [1.54, 1.807) is 0 Å². The van der Waals surface area contributed by atoms with Gasteiger partial charge in [0, 0.05) is 12.8 Å². The van der Waals surface area contributed by atoms with Crippen LogP contribution < -0.4 is 5.32 Å². The number of unbranched alkanes of at least 4 members (excludes halogenated alkanes) is 46.